The fourth-order valence-electron chi connectivity index (χ4n) is 2.44. The van der Waals surface area contributed by atoms with E-state index in [-0.39, 0.29) is 0 Å². The third-order valence-corrected chi connectivity index (χ3v) is 3.28. The first-order valence-electron chi connectivity index (χ1n) is 5.97. The van der Waals surface area contributed by atoms with Crippen LogP contribution in [0.15, 0.2) is 36.7 Å². The summed E-state index contributed by atoms with van der Waals surface area (Å²) in [6.07, 6.45) is 4.10. The number of para-hydroxylation sites is 1. The summed E-state index contributed by atoms with van der Waals surface area (Å²) >= 11 is 0. The highest BCUT2D eigenvalue weighted by Gasteiger charge is 2.14. The molecular weight excluding hydrogens is 224 g/mol. The average Bonchev–Trinajstić information content (AvgIpc) is 2.91. The highest BCUT2D eigenvalue weighted by molar-refractivity contribution is 5.95. The highest BCUT2D eigenvalue weighted by Crippen LogP contribution is 2.30. The third-order valence-electron chi connectivity index (χ3n) is 3.28. The molecule has 0 aliphatic rings. The first-order chi connectivity index (χ1) is 8.70. The van der Waals surface area contributed by atoms with Crippen molar-refractivity contribution < 1.29 is 0 Å². The van der Waals surface area contributed by atoms with E-state index in [0.717, 1.165) is 16.8 Å². The number of hydrogen-bond donors (Lipinski definition) is 1. The monoisotopic (exact) mass is 240 g/mol. The van der Waals surface area contributed by atoms with Gasteiger partial charge in [-0.1, -0.05) is 18.2 Å². The molecule has 0 amide bonds. The molecule has 3 rings (SSSR count). The predicted octanol–water partition coefficient (Wildman–Crippen LogP) is 2.04. The summed E-state index contributed by atoms with van der Waals surface area (Å²) in [7, 11) is 3.98. The Morgan fingerprint density at radius 2 is 1.94 bits per heavy atom. The van der Waals surface area contributed by atoms with Gasteiger partial charge in [-0.15, -0.1) is 0 Å². The maximum atomic E-state index is 5.79. The molecule has 4 heteroatoms. The van der Waals surface area contributed by atoms with Crippen LogP contribution in [0.1, 0.15) is 5.56 Å². The molecule has 0 radical (unpaired) electrons. The van der Waals surface area contributed by atoms with Gasteiger partial charge in [0.15, 0.2) is 0 Å². The smallest absolute Gasteiger partial charge is 0.0989 e. The third kappa shape index (κ3) is 1.54. The van der Waals surface area contributed by atoms with Gasteiger partial charge >= 0.3 is 0 Å². The van der Waals surface area contributed by atoms with E-state index >= 15 is 0 Å². The van der Waals surface area contributed by atoms with Crippen molar-refractivity contribution in [1.82, 2.24) is 14.3 Å². The molecule has 0 spiro atoms. The van der Waals surface area contributed by atoms with Gasteiger partial charge in [0.1, 0.15) is 0 Å². The summed E-state index contributed by atoms with van der Waals surface area (Å²) < 4.78 is 3.94. The van der Waals surface area contributed by atoms with E-state index in [2.05, 4.69) is 41.1 Å². The molecule has 0 aliphatic heterocycles. The van der Waals surface area contributed by atoms with Crippen molar-refractivity contribution in [3.05, 3.63) is 42.2 Å². The Balaban J connectivity index is 2.31. The lowest BCUT2D eigenvalue weighted by Gasteiger charge is -1.97. The van der Waals surface area contributed by atoms with Crippen molar-refractivity contribution >= 4 is 10.9 Å². The standard InChI is InChI=1S/C14H16N4/c1-17-9-12(11-5-3-4-6-13(11)17)14-10(7-15)8-18(2)16-14/h3-6,8-9H,7,15H2,1-2H3. The highest BCUT2D eigenvalue weighted by atomic mass is 15.3. The zero-order chi connectivity index (χ0) is 12.7. The van der Waals surface area contributed by atoms with Crippen LogP contribution in [0.2, 0.25) is 0 Å². The molecule has 3 aromatic rings. The van der Waals surface area contributed by atoms with Crippen LogP contribution in [0.5, 0.6) is 0 Å². The summed E-state index contributed by atoms with van der Waals surface area (Å²) in [4.78, 5) is 0. The molecule has 1 aromatic carbocycles. The zero-order valence-electron chi connectivity index (χ0n) is 10.6. The molecule has 0 saturated carbocycles. The summed E-state index contributed by atoms with van der Waals surface area (Å²) in [6, 6.07) is 8.34. The Kier molecular flexibility index (Phi) is 2.45. The number of fused-ring (bicyclic) bond motifs is 1. The number of aromatic nitrogens is 3. The number of nitrogens with two attached hydrogens (primary N) is 1. The van der Waals surface area contributed by atoms with Gasteiger partial charge < -0.3 is 10.3 Å². The summed E-state index contributed by atoms with van der Waals surface area (Å²) in [5.41, 5.74) is 10.2. The van der Waals surface area contributed by atoms with Crippen LogP contribution < -0.4 is 5.73 Å². The van der Waals surface area contributed by atoms with E-state index in [4.69, 9.17) is 5.73 Å². The fraction of sp³-hybridized carbons (Fsp3) is 0.214. The second kappa shape index (κ2) is 3.99. The number of rotatable bonds is 2. The average molecular weight is 240 g/mol. The molecule has 18 heavy (non-hydrogen) atoms. The van der Waals surface area contributed by atoms with Crippen molar-refractivity contribution in [3.8, 4) is 11.3 Å². The lowest BCUT2D eigenvalue weighted by molar-refractivity contribution is 0.769. The van der Waals surface area contributed by atoms with Crippen LogP contribution in [0.25, 0.3) is 22.2 Å². The largest absolute Gasteiger partial charge is 0.350 e. The SMILES string of the molecule is Cn1cc(CN)c(-c2cn(C)c3ccccc23)n1. The van der Waals surface area contributed by atoms with Crippen LogP contribution in [0.4, 0.5) is 0 Å². The van der Waals surface area contributed by atoms with E-state index in [1.54, 1.807) is 0 Å². The maximum Gasteiger partial charge on any atom is 0.0989 e. The molecule has 0 fully saturated rings. The molecule has 4 nitrogen and oxygen atoms in total. The van der Waals surface area contributed by atoms with E-state index < -0.39 is 0 Å². The number of benzene rings is 1. The van der Waals surface area contributed by atoms with E-state index in [1.165, 1.54) is 10.9 Å². The van der Waals surface area contributed by atoms with E-state index in [0.29, 0.717) is 6.54 Å². The Bertz CT molecular complexity index is 706. The molecule has 0 unspecified atom stereocenters. The van der Waals surface area contributed by atoms with E-state index in [9.17, 15) is 0 Å². The molecule has 2 N–H and O–H groups in total. The van der Waals surface area contributed by atoms with Gasteiger partial charge in [0, 0.05) is 55.1 Å². The zero-order valence-corrected chi connectivity index (χ0v) is 10.6. The van der Waals surface area contributed by atoms with Crippen LogP contribution in [-0.4, -0.2) is 14.3 Å². The summed E-state index contributed by atoms with van der Waals surface area (Å²) in [6.45, 7) is 0.506. The minimum atomic E-state index is 0.506. The van der Waals surface area contributed by atoms with Crippen LogP contribution in [-0.2, 0) is 20.6 Å². The predicted molar refractivity (Wildman–Crippen MR) is 73.0 cm³/mol. The molecule has 2 heterocycles. The second-order valence-electron chi connectivity index (χ2n) is 4.55. The quantitative estimate of drug-likeness (QED) is 0.745. The van der Waals surface area contributed by atoms with Crippen molar-refractivity contribution in [2.75, 3.05) is 0 Å². The van der Waals surface area contributed by atoms with Gasteiger partial charge in [0.2, 0.25) is 0 Å². The van der Waals surface area contributed by atoms with Gasteiger partial charge in [0.05, 0.1) is 5.69 Å². The number of hydrogen-bond acceptors (Lipinski definition) is 2. The minimum absolute atomic E-state index is 0.506. The lowest BCUT2D eigenvalue weighted by atomic mass is 10.1. The molecule has 2 aromatic heterocycles. The van der Waals surface area contributed by atoms with Crippen molar-refractivity contribution in [1.29, 1.82) is 0 Å². The first kappa shape index (κ1) is 11.0. The fourth-order valence-corrected chi connectivity index (χ4v) is 2.44. The van der Waals surface area contributed by atoms with Crippen molar-refractivity contribution in [2.45, 2.75) is 6.54 Å². The molecule has 0 aliphatic carbocycles. The van der Waals surface area contributed by atoms with Crippen LogP contribution in [0.3, 0.4) is 0 Å². The second-order valence-corrected chi connectivity index (χ2v) is 4.55. The molecule has 0 saturated heterocycles. The van der Waals surface area contributed by atoms with Crippen LogP contribution >= 0.6 is 0 Å². The molecule has 92 valence electrons. The molecule has 0 bridgehead atoms. The number of aryl methyl sites for hydroxylation is 2. The van der Waals surface area contributed by atoms with Gasteiger partial charge in [-0.25, -0.2) is 0 Å². The topological polar surface area (TPSA) is 48.8 Å². The first-order valence-corrected chi connectivity index (χ1v) is 5.97. The lowest BCUT2D eigenvalue weighted by Crippen LogP contribution is -1.96. The minimum Gasteiger partial charge on any atom is -0.350 e. The Labute approximate surface area is 106 Å². The van der Waals surface area contributed by atoms with Gasteiger partial charge in [0.25, 0.3) is 0 Å². The Morgan fingerprint density at radius 3 is 2.72 bits per heavy atom. The van der Waals surface area contributed by atoms with E-state index in [1.807, 2.05) is 24.0 Å². The summed E-state index contributed by atoms with van der Waals surface area (Å²) in [5.74, 6) is 0. The number of nitrogens with zero attached hydrogens (tertiary/aromatic N) is 3. The van der Waals surface area contributed by atoms with Crippen molar-refractivity contribution in [3.63, 3.8) is 0 Å². The summed E-state index contributed by atoms with van der Waals surface area (Å²) in [5, 5.41) is 5.75. The normalized spacial score (nSPS) is 11.3. The van der Waals surface area contributed by atoms with Crippen molar-refractivity contribution in [2.24, 2.45) is 19.8 Å². The van der Waals surface area contributed by atoms with Gasteiger partial charge in [-0.05, 0) is 6.07 Å². The maximum absolute atomic E-state index is 5.79. The van der Waals surface area contributed by atoms with Crippen LogP contribution in [0, 0.1) is 0 Å². The van der Waals surface area contributed by atoms with Gasteiger partial charge in [-0.2, -0.15) is 5.10 Å². The molecule has 0 atom stereocenters. The van der Waals surface area contributed by atoms with Gasteiger partial charge in [-0.3, -0.25) is 4.68 Å². The molecular formula is C14H16N4. The Hall–Kier alpha value is -2.07. The Morgan fingerprint density at radius 1 is 1.17 bits per heavy atom.